The third kappa shape index (κ3) is 1.58. The Morgan fingerprint density at radius 2 is 1.35 bits per heavy atom. The Kier molecular flexibility index (Phi) is 2.57. The fourth-order valence-corrected chi connectivity index (χ4v) is 2.30. The van der Waals surface area contributed by atoms with Crippen LogP contribution < -0.4 is 0 Å². The van der Waals surface area contributed by atoms with Gasteiger partial charge in [-0.1, -0.05) is 6.07 Å². The van der Waals surface area contributed by atoms with Crippen LogP contribution in [0.4, 0.5) is 0 Å². The molecule has 20 heavy (non-hydrogen) atoms. The van der Waals surface area contributed by atoms with Crippen LogP contribution in [0.3, 0.4) is 0 Å². The zero-order valence-electron chi connectivity index (χ0n) is 10.1. The minimum Gasteiger partial charge on any atom is -0.478 e. The Bertz CT molecular complexity index is 801. The molecule has 0 aliphatic carbocycles. The van der Waals surface area contributed by atoms with E-state index in [4.69, 9.17) is 0 Å². The SMILES string of the molecule is O=C(O)c1c(C(=O)O)c2ncccc2c2ncccc12. The first-order chi connectivity index (χ1) is 9.61. The van der Waals surface area contributed by atoms with E-state index in [0.29, 0.717) is 10.9 Å². The summed E-state index contributed by atoms with van der Waals surface area (Å²) < 4.78 is 0. The van der Waals surface area contributed by atoms with E-state index in [1.807, 2.05) is 0 Å². The Morgan fingerprint density at radius 1 is 0.800 bits per heavy atom. The predicted octanol–water partition coefficient (Wildman–Crippen LogP) is 2.18. The van der Waals surface area contributed by atoms with Crippen LogP contribution in [-0.2, 0) is 0 Å². The highest BCUT2D eigenvalue weighted by Gasteiger charge is 2.24. The summed E-state index contributed by atoms with van der Waals surface area (Å²) in [7, 11) is 0. The van der Waals surface area contributed by atoms with Crippen LogP contribution in [0.15, 0.2) is 36.7 Å². The van der Waals surface area contributed by atoms with Crippen LogP contribution >= 0.6 is 0 Å². The number of aromatic nitrogens is 2. The quantitative estimate of drug-likeness (QED) is 0.691. The molecular weight excluding hydrogens is 260 g/mol. The summed E-state index contributed by atoms with van der Waals surface area (Å²) in [5, 5.41) is 19.5. The third-order valence-corrected chi connectivity index (χ3v) is 3.05. The summed E-state index contributed by atoms with van der Waals surface area (Å²) in [4.78, 5) is 31.1. The van der Waals surface area contributed by atoms with Gasteiger partial charge in [-0.3, -0.25) is 9.97 Å². The van der Waals surface area contributed by atoms with Crippen LogP contribution in [0.2, 0.25) is 0 Å². The lowest BCUT2D eigenvalue weighted by molar-refractivity contribution is 0.0655. The number of hydrogen-bond donors (Lipinski definition) is 2. The lowest BCUT2D eigenvalue weighted by atomic mass is 9.97. The number of carboxylic acids is 2. The topological polar surface area (TPSA) is 100 Å². The molecule has 0 bridgehead atoms. The molecule has 1 aromatic carbocycles. The molecule has 0 radical (unpaired) electrons. The Balaban J connectivity index is 2.69. The van der Waals surface area contributed by atoms with Gasteiger partial charge in [0, 0.05) is 23.2 Å². The Hall–Kier alpha value is -3.02. The second-order valence-electron chi connectivity index (χ2n) is 4.16. The van der Waals surface area contributed by atoms with Crippen molar-refractivity contribution in [2.45, 2.75) is 0 Å². The van der Waals surface area contributed by atoms with Crippen molar-refractivity contribution in [1.82, 2.24) is 9.97 Å². The molecule has 0 fully saturated rings. The molecule has 3 rings (SSSR count). The van der Waals surface area contributed by atoms with Gasteiger partial charge >= 0.3 is 11.9 Å². The van der Waals surface area contributed by atoms with Gasteiger partial charge in [-0.25, -0.2) is 9.59 Å². The van der Waals surface area contributed by atoms with E-state index in [1.165, 1.54) is 12.4 Å². The van der Waals surface area contributed by atoms with E-state index in [0.717, 1.165) is 0 Å². The first-order valence-corrected chi connectivity index (χ1v) is 5.73. The maximum Gasteiger partial charge on any atom is 0.338 e. The number of pyridine rings is 2. The van der Waals surface area contributed by atoms with Gasteiger partial charge in [0.1, 0.15) is 5.56 Å². The molecule has 0 aliphatic heterocycles. The smallest absolute Gasteiger partial charge is 0.338 e. The van der Waals surface area contributed by atoms with Crippen LogP contribution in [0, 0.1) is 0 Å². The molecule has 6 heteroatoms. The van der Waals surface area contributed by atoms with Crippen LogP contribution in [0.1, 0.15) is 20.7 Å². The molecule has 6 nitrogen and oxygen atoms in total. The van der Waals surface area contributed by atoms with Gasteiger partial charge in [0.25, 0.3) is 0 Å². The maximum absolute atomic E-state index is 11.5. The molecule has 98 valence electrons. The van der Waals surface area contributed by atoms with Gasteiger partial charge in [0.15, 0.2) is 0 Å². The lowest BCUT2D eigenvalue weighted by Crippen LogP contribution is -2.11. The Morgan fingerprint density at radius 3 is 1.95 bits per heavy atom. The molecule has 0 atom stereocenters. The van der Waals surface area contributed by atoms with Crippen molar-refractivity contribution in [2.24, 2.45) is 0 Å². The van der Waals surface area contributed by atoms with Gasteiger partial charge in [-0.15, -0.1) is 0 Å². The second-order valence-corrected chi connectivity index (χ2v) is 4.16. The van der Waals surface area contributed by atoms with Crippen LogP contribution in [0.25, 0.3) is 21.8 Å². The molecular formula is C14H8N2O4. The number of hydrogen-bond acceptors (Lipinski definition) is 4. The van der Waals surface area contributed by atoms with Gasteiger partial charge in [0.2, 0.25) is 0 Å². The van der Waals surface area contributed by atoms with Crippen molar-refractivity contribution in [3.8, 4) is 0 Å². The van der Waals surface area contributed by atoms with E-state index in [9.17, 15) is 19.8 Å². The fourth-order valence-electron chi connectivity index (χ4n) is 2.30. The summed E-state index contributed by atoms with van der Waals surface area (Å²) in [5.74, 6) is -2.63. The van der Waals surface area contributed by atoms with E-state index in [1.54, 1.807) is 24.3 Å². The highest BCUT2D eigenvalue weighted by Crippen LogP contribution is 2.30. The van der Waals surface area contributed by atoms with Crippen LogP contribution in [0.5, 0.6) is 0 Å². The van der Waals surface area contributed by atoms with Crippen molar-refractivity contribution in [3.05, 3.63) is 47.8 Å². The zero-order chi connectivity index (χ0) is 14.3. The number of nitrogens with zero attached hydrogens (tertiary/aromatic N) is 2. The largest absolute Gasteiger partial charge is 0.478 e. The van der Waals surface area contributed by atoms with Gasteiger partial charge in [-0.05, 0) is 18.2 Å². The molecule has 0 saturated heterocycles. The molecule has 2 aromatic heterocycles. The summed E-state index contributed by atoms with van der Waals surface area (Å²) in [6.07, 6.45) is 2.95. The highest BCUT2D eigenvalue weighted by atomic mass is 16.4. The van der Waals surface area contributed by atoms with E-state index < -0.39 is 11.9 Å². The van der Waals surface area contributed by atoms with Crippen molar-refractivity contribution in [1.29, 1.82) is 0 Å². The Labute approximate surface area is 112 Å². The predicted molar refractivity (Wildman–Crippen MR) is 71.0 cm³/mol. The average Bonchev–Trinajstić information content (AvgIpc) is 2.45. The lowest BCUT2D eigenvalue weighted by Gasteiger charge is -2.10. The molecule has 2 heterocycles. The van der Waals surface area contributed by atoms with Gasteiger partial charge in [-0.2, -0.15) is 0 Å². The molecule has 2 N–H and O–H groups in total. The summed E-state index contributed by atoms with van der Waals surface area (Å²) >= 11 is 0. The van der Waals surface area contributed by atoms with Crippen molar-refractivity contribution >= 4 is 33.7 Å². The number of carboxylic acid groups (broad SMARTS) is 2. The summed E-state index contributed by atoms with van der Waals surface area (Å²) in [6, 6.07) is 6.45. The molecule has 0 spiro atoms. The molecule has 3 aromatic rings. The number of fused-ring (bicyclic) bond motifs is 3. The van der Waals surface area contributed by atoms with E-state index >= 15 is 0 Å². The number of aromatic carboxylic acids is 2. The standard InChI is InChI=1S/C14H8N2O4/c17-13(18)9-7-3-1-5-15-11(7)8-4-2-6-16-12(8)10(9)14(19)20/h1-6H,(H,17,18)(H,19,20). The summed E-state index contributed by atoms with van der Waals surface area (Å²) in [6.45, 7) is 0. The van der Waals surface area contributed by atoms with Crippen molar-refractivity contribution in [3.63, 3.8) is 0 Å². The van der Waals surface area contributed by atoms with Crippen molar-refractivity contribution in [2.75, 3.05) is 0 Å². The van der Waals surface area contributed by atoms with Gasteiger partial charge < -0.3 is 10.2 Å². The van der Waals surface area contributed by atoms with E-state index in [2.05, 4.69) is 9.97 Å². The first kappa shape index (κ1) is 12.0. The molecule has 0 unspecified atom stereocenters. The zero-order valence-corrected chi connectivity index (χ0v) is 10.1. The molecule has 0 saturated carbocycles. The number of rotatable bonds is 2. The minimum atomic E-state index is -1.32. The summed E-state index contributed by atoms with van der Waals surface area (Å²) in [5.41, 5.74) is -0.0398. The van der Waals surface area contributed by atoms with Crippen molar-refractivity contribution < 1.29 is 19.8 Å². The second kappa shape index (κ2) is 4.27. The molecule has 0 amide bonds. The number of benzene rings is 1. The van der Waals surface area contributed by atoms with Crippen LogP contribution in [-0.4, -0.2) is 32.1 Å². The minimum absolute atomic E-state index is 0.128. The molecule has 0 aliphatic rings. The van der Waals surface area contributed by atoms with Gasteiger partial charge in [0.05, 0.1) is 16.6 Å². The fraction of sp³-hybridized carbons (Fsp3) is 0. The van der Waals surface area contributed by atoms with E-state index in [-0.39, 0.29) is 22.0 Å². The third-order valence-electron chi connectivity index (χ3n) is 3.05. The normalized spacial score (nSPS) is 10.8. The highest BCUT2D eigenvalue weighted by molar-refractivity contribution is 6.22. The maximum atomic E-state index is 11.5. The average molecular weight is 268 g/mol. The first-order valence-electron chi connectivity index (χ1n) is 5.73. The monoisotopic (exact) mass is 268 g/mol. The number of carbonyl (C=O) groups is 2.